The zero-order valence-electron chi connectivity index (χ0n) is 12.7. The lowest BCUT2D eigenvalue weighted by Gasteiger charge is -2.12. The first kappa shape index (κ1) is 16.9. The second-order valence-electron chi connectivity index (χ2n) is 5.27. The molecule has 0 radical (unpaired) electrons. The standard InChI is InChI=1S/C15H31NO3/c1-3-4-8-17-10-12-19-13-11-18-9-7-16-14(2)15-5-6-15/h14-16H,3-13H2,1-2H3. The summed E-state index contributed by atoms with van der Waals surface area (Å²) in [6, 6.07) is 0.653. The highest BCUT2D eigenvalue weighted by Crippen LogP contribution is 2.32. The van der Waals surface area contributed by atoms with Gasteiger partial charge in [0.2, 0.25) is 0 Å². The van der Waals surface area contributed by atoms with Crippen LogP contribution in [0.1, 0.15) is 39.5 Å². The lowest BCUT2D eigenvalue weighted by Crippen LogP contribution is -2.31. The van der Waals surface area contributed by atoms with Crippen molar-refractivity contribution in [3.63, 3.8) is 0 Å². The highest BCUT2D eigenvalue weighted by Gasteiger charge is 2.26. The molecule has 1 saturated carbocycles. The molecule has 19 heavy (non-hydrogen) atoms. The molecule has 1 rings (SSSR count). The third-order valence-corrected chi connectivity index (χ3v) is 3.43. The van der Waals surface area contributed by atoms with E-state index in [2.05, 4.69) is 19.2 Å². The summed E-state index contributed by atoms with van der Waals surface area (Å²) in [7, 11) is 0. The fourth-order valence-corrected chi connectivity index (χ4v) is 1.91. The molecule has 0 heterocycles. The van der Waals surface area contributed by atoms with Gasteiger partial charge in [-0.3, -0.25) is 0 Å². The van der Waals surface area contributed by atoms with E-state index in [1.165, 1.54) is 19.3 Å². The zero-order chi connectivity index (χ0) is 13.8. The maximum Gasteiger partial charge on any atom is 0.0701 e. The van der Waals surface area contributed by atoms with Crippen LogP contribution in [0.5, 0.6) is 0 Å². The SMILES string of the molecule is CCCCOCCOCCOCCNC(C)C1CC1. The van der Waals surface area contributed by atoms with Crippen molar-refractivity contribution in [1.82, 2.24) is 5.32 Å². The van der Waals surface area contributed by atoms with E-state index in [0.717, 1.165) is 32.1 Å². The van der Waals surface area contributed by atoms with Crippen molar-refractivity contribution in [2.24, 2.45) is 5.92 Å². The Morgan fingerprint density at radius 3 is 2.11 bits per heavy atom. The molecule has 0 aromatic rings. The molecule has 0 bridgehead atoms. The fourth-order valence-electron chi connectivity index (χ4n) is 1.91. The van der Waals surface area contributed by atoms with Gasteiger partial charge in [0.15, 0.2) is 0 Å². The smallest absolute Gasteiger partial charge is 0.0701 e. The first-order chi connectivity index (χ1) is 9.34. The van der Waals surface area contributed by atoms with E-state index >= 15 is 0 Å². The second kappa shape index (κ2) is 11.6. The predicted octanol–water partition coefficient (Wildman–Crippen LogP) is 2.22. The first-order valence-electron chi connectivity index (χ1n) is 7.81. The first-order valence-corrected chi connectivity index (χ1v) is 7.81. The van der Waals surface area contributed by atoms with Gasteiger partial charge in [0.25, 0.3) is 0 Å². The molecule has 0 aliphatic heterocycles. The number of nitrogens with one attached hydrogen (secondary N) is 1. The Kier molecular flexibility index (Phi) is 10.4. The van der Waals surface area contributed by atoms with Gasteiger partial charge in [-0.2, -0.15) is 0 Å². The van der Waals surface area contributed by atoms with Gasteiger partial charge < -0.3 is 19.5 Å². The van der Waals surface area contributed by atoms with Crippen LogP contribution >= 0.6 is 0 Å². The molecule has 1 atom stereocenters. The summed E-state index contributed by atoms with van der Waals surface area (Å²) in [5.41, 5.74) is 0. The van der Waals surface area contributed by atoms with Gasteiger partial charge in [-0.05, 0) is 32.1 Å². The van der Waals surface area contributed by atoms with Crippen LogP contribution in [-0.2, 0) is 14.2 Å². The Labute approximate surface area is 118 Å². The summed E-state index contributed by atoms with van der Waals surface area (Å²) in [4.78, 5) is 0. The van der Waals surface area contributed by atoms with Crippen molar-refractivity contribution in [3.05, 3.63) is 0 Å². The van der Waals surface area contributed by atoms with Crippen molar-refractivity contribution >= 4 is 0 Å². The van der Waals surface area contributed by atoms with E-state index in [0.29, 0.717) is 32.5 Å². The lowest BCUT2D eigenvalue weighted by molar-refractivity contribution is 0.0144. The second-order valence-corrected chi connectivity index (χ2v) is 5.27. The van der Waals surface area contributed by atoms with Crippen LogP contribution in [0.25, 0.3) is 0 Å². The molecule has 0 aromatic heterocycles. The number of rotatable bonds is 14. The van der Waals surface area contributed by atoms with Crippen molar-refractivity contribution in [2.45, 2.75) is 45.6 Å². The zero-order valence-corrected chi connectivity index (χ0v) is 12.7. The maximum atomic E-state index is 5.50. The number of ether oxygens (including phenoxy) is 3. The third-order valence-electron chi connectivity index (χ3n) is 3.43. The Hall–Kier alpha value is -0.160. The molecule has 0 amide bonds. The highest BCUT2D eigenvalue weighted by atomic mass is 16.5. The van der Waals surface area contributed by atoms with Crippen LogP contribution in [-0.4, -0.2) is 52.2 Å². The van der Waals surface area contributed by atoms with Crippen molar-refractivity contribution in [3.8, 4) is 0 Å². The quantitative estimate of drug-likeness (QED) is 0.493. The van der Waals surface area contributed by atoms with Gasteiger partial charge in [-0.15, -0.1) is 0 Å². The lowest BCUT2D eigenvalue weighted by atomic mass is 10.2. The molecule has 0 saturated heterocycles. The van der Waals surface area contributed by atoms with E-state index in [-0.39, 0.29) is 0 Å². The van der Waals surface area contributed by atoms with Gasteiger partial charge in [0.05, 0.1) is 33.0 Å². The maximum absolute atomic E-state index is 5.50. The molecule has 1 aliphatic rings. The molecule has 114 valence electrons. The normalized spacial score (nSPS) is 16.7. The van der Waals surface area contributed by atoms with Gasteiger partial charge in [0.1, 0.15) is 0 Å². The Morgan fingerprint density at radius 2 is 1.53 bits per heavy atom. The minimum Gasteiger partial charge on any atom is -0.379 e. The predicted molar refractivity (Wildman–Crippen MR) is 77.6 cm³/mol. The van der Waals surface area contributed by atoms with Crippen LogP contribution in [0.3, 0.4) is 0 Å². The van der Waals surface area contributed by atoms with Gasteiger partial charge in [0, 0.05) is 19.2 Å². The van der Waals surface area contributed by atoms with Crippen molar-refractivity contribution < 1.29 is 14.2 Å². The summed E-state index contributed by atoms with van der Waals surface area (Å²) in [5, 5.41) is 3.49. The molecule has 1 fully saturated rings. The topological polar surface area (TPSA) is 39.7 Å². The van der Waals surface area contributed by atoms with E-state index in [9.17, 15) is 0 Å². The summed E-state index contributed by atoms with van der Waals surface area (Å²) in [5.74, 6) is 0.913. The average molecular weight is 273 g/mol. The minimum atomic E-state index is 0.653. The molecular formula is C15H31NO3. The number of hydrogen-bond donors (Lipinski definition) is 1. The number of hydrogen-bond acceptors (Lipinski definition) is 4. The van der Waals surface area contributed by atoms with Crippen LogP contribution < -0.4 is 5.32 Å². The van der Waals surface area contributed by atoms with Crippen LogP contribution in [0, 0.1) is 5.92 Å². The molecule has 0 aromatic carbocycles. The van der Waals surface area contributed by atoms with Crippen molar-refractivity contribution in [1.29, 1.82) is 0 Å². The highest BCUT2D eigenvalue weighted by molar-refractivity contribution is 4.82. The Morgan fingerprint density at radius 1 is 0.947 bits per heavy atom. The van der Waals surface area contributed by atoms with Crippen LogP contribution in [0.4, 0.5) is 0 Å². The fraction of sp³-hybridized carbons (Fsp3) is 1.00. The van der Waals surface area contributed by atoms with E-state index in [1.807, 2.05) is 0 Å². The molecule has 0 spiro atoms. The molecule has 4 heteroatoms. The monoisotopic (exact) mass is 273 g/mol. The van der Waals surface area contributed by atoms with Crippen LogP contribution in [0.15, 0.2) is 0 Å². The molecule has 4 nitrogen and oxygen atoms in total. The number of unbranched alkanes of at least 4 members (excludes halogenated alkanes) is 1. The summed E-state index contributed by atoms with van der Waals surface area (Å²) < 4.78 is 16.3. The van der Waals surface area contributed by atoms with Gasteiger partial charge in [-0.25, -0.2) is 0 Å². The third kappa shape index (κ3) is 10.3. The summed E-state index contributed by atoms with van der Waals surface area (Å²) in [6.07, 6.45) is 5.10. The van der Waals surface area contributed by atoms with E-state index in [1.54, 1.807) is 0 Å². The molecular weight excluding hydrogens is 242 g/mol. The minimum absolute atomic E-state index is 0.653. The molecule has 1 N–H and O–H groups in total. The largest absolute Gasteiger partial charge is 0.379 e. The Balaban J connectivity index is 1.67. The summed E-state index contributed by atoms with van der Waals surface area (Å²) in [6.45, 7) is 9.69. The molecule has 1 aliphatic carbocycles. The van der Waals surface area contributed by atoms with E-state index < -0.39 is 0 Å². The summed E-state index contributed by atoms with van der Waals surface area (Å²) >= 11 is 0. The van der Waals surface area contributed by atoms with Gasteiger partial charge >= 0.3 is 0 Å². The van der Waals surface area contributed by atoms with Crippen molar-refractivity contribution in [2.75, 3.05) is 46.2 Å². The van der Waals surface area contributed by atoms with Crippen LogP contribution in [0.2, 0.25) is 0 Å². The van der Waals surface area contributed by atoms with E-state index in [4.69, 9.17) is 14.2 Å². The molecule has 1 unspecified atom stereocenters. The Bertz CT molecular complexity index is 198. The van der Waals surface area contributed by atoms with Gasteiger partial charge in [-0.1, -0.05) is 13.3 Å². The average Bonchev–Trinajstić information content (AvgIpc) is 3.24.